The predicted octanol–water partition coefficient (Wildman–Crippen LogP) is 2.51. The summed E-state index contributed by atoms with van der Waals surface area (Å²) < 4.78 is 28.6. The Morgan fingerprint density at radius 1 is 1.48 bits per heavy atom. The molecule has 0 aliphatic carbocycles. The lowest BCUT2D eigenvalue weighted by Gasteiger charge is -2.10. The van der Waals surface area contributed by atoms with Gasteiger partial charge >= 0.3 is 6.01 Å². The van der Waals surface area contributed by atoms with Crippen LogP contribution in [0.3, 0.4) is 0 Å². The van der Waals surface area contributed by atoms with Crippen molar-refractivity contribution in [3.8, 4) is 0 Å². The van der Waals surface area contributed by atoms with Crippen LogP contribution in [-0.2, 0) is 13.8 Å². The smallest absolute Gasteiger partial charge is 0.305 e. The van der Waals surface area contributed by atoms with E-state index < -0.39 is 9.05 Å². The number of carbonyl (C=O) groups excluding carboxylic acids is 1. The Hall–Kier alpha value is -1.12. The number of fused-ring (bicyclic) bond motifs is 1. The zero-order chi connectivity index (χ0) is 15.2. The molecule has 0 spiro atoms. The van der Waals surface area contributed by atoms with Crippen molar-refractivity contribution in [2.75, 3.05) is 17.2 Å². The van der Waals surface area contributed by atoms with E-state index in [1.54, 1.807) is 12.1 Å². The number of nitrogens with zero attached hydrogens (tertiary/aromatic N) is 2. The first-order valence-corrected chi connectivity index (χ1v) is 9.38. The standard InChI is InChI=1S/C12H10BrClN2O4S/c13-8-1-2-10-9(4-8)15-12(20-10)16-5-7(3-11(16)17)6-21(14,18)19/h1-2,4,7H,3,5-6H2. The minimum absolute atomic E-state index is 0.119. The van der Waals surface area contributed by atoms with Crippen LogP contribution in [0.4, 0.5) is 6.01 Å². The first kappa shape index (κ1) is 14.8. The van der Waals surface area contributed by atoms with Crippen molar-refractivity contribution in [3.05, 3.63) is 22.7 Å². The minimum Gasteiger partial charge on any atom is -0.423 e. The SMILES string of the molecule is O=C1CC(CS(=O)(=O)Cl)CN1c1nc2cc(Br)ccc2o1. The quantitative estimate of drug-likeness (QED) is 0.749. The van der Waals surface area contributed by atoms with Crippen molar-refractivity contribution in [1.29, 1.82) is 0 Å². The number of halogens is 2. The second-order valence-corrected chi connectivity index (χ2v) is 8.63. The van der Waals surface area contributed by atoms with Crippen molar-refractivity contribution in [2.45, 2.75) is 6.42 Å². The van der Waals surface area contributed by atoms with Crippen molar-refractivity contribution in [2.24, 2.45) is 5.92 Å². The maximum Gasteiger partial charge on any atom is 0.305 e. The van der Waals surface area contributed by atoms with E-state index in [1.165, 1.54) is 4.90 Å². The molecule has 1 aromatic heterocycles. The van der Waals surface area contributed by atoms with E-state index in [0.29, 0.717) is 11.1 Å². The first-order chi connectivity index (χ1) is 9.82. The largest absolute Gasteiger partial charge is 0.423 e. The normalized spacial score (nSPS) is 19.6. The number of anilines is 1. The highest BCUT2D eigenvalue weighted by atomic mass is 79.9. The molecule has 0 saturated carbocycles. The molecule has 9 heteroatoms. The molecular weight excluding hydrogens is 384 g/mol. The fourth-order valence-corrected chi connectivity index (χ4v) is 4.03. The monoisotopic (exact) mass is 392 g/mol. The Morgan fingerprint density at radius 2 is 2.24 bits per heavy atom. The zero-order valence-electron chi connectivity index (χ0n) is 10.6. The maximum absolute atomic E-state index is 12.0. The highest BCUT2D eigenvalue weighted by Gasteiger charge is 2.35. The lowest BCUT2D eigenvalue weighted by molar-refractivity contribution is -0.117. The molecule has 0 radical (unpaired) electrons. The second kappa shape index (κ2) is 5.26. The van der Waals surface area contributed by atoms with Crippen molar-refractivity contribution < 1.29 is 17.6 Å². The van der Waals surface area contributed by atoms with Crippen LogP contribution in [-0.4, -0.2) is 31.6 Å². The van der Waals surface area contributed by atoms with Gasteiger partial charge in [-0.1, -0.05) is 15.9 Å². The van der Waals surface area contributed by atoms with Crippen LogP contribution in [0.25, 0.3) is 11.1 Å². The zero-order valence-corrected chi connectivity index (χ0v) is 13.8. The Labute approximate surface area is 133 Å². The van der Waals surface area contributed by atoms with Crippen LogP contribution in [0, 0.1) is 5.92 Å². The van der Waals surface area contributed by atoms with Gasteiger partial charge in [-0.2, -0.15) is 4.98 Å². The summed E-state index contributed by atoms with van der Waals surface area (Å²) in [5.41, 5.74) is 1.19. The van der Waals surface area contributed by atoms with Crippen LogP contribution in [0.15, 0.2) is 27.1 Å². The lowest BCUT2D eigenvalue weighted by atomic mass is 10.1. The summed E-state index contributed by atoms with van der Waals surface area (Å²) in [7, 11) is 1.60. The molecule has 1 atom stereocenters. The van der Waals surface area contributed by atoms with Gasteiger partial charge in [-0.3, -0.25) is 9.69 Å². The van der Waals surface area contributed by atoms with Crippen LogP contribution >= 0.6 is 26.6 Å². The average Bonchev–Trinajstić information content (AvgIpc) is 2.89. The summed E-state index contributed by atoms with van der Waals surface area (Å²) in [5.74, 6) is -0.796. The third-order valence-electron chi connectivity index (χ3n) is 3.21. The van der Waals surface area contributed by atoms with Crippen LogP contribution in [0.1, 0.15) is 6.42 Å². The van der Waals surface area contributed by atoms with Gasteiger partial charge in [0.05, 0.1) is 5.75 Å². The molecule has 3 rings (SSSR count). The molecule has 112 valence electrons. The number of hydrogen-bond acceptors (Lipinski definition) is 5. The molecule has 1 saturated heterocycles. The molecule has 2 aromatic rings. The third-order valence-corrected chi connectivity index (χ3v) is 4.95. The molecule has 1 aliphatic rings. The number of rotatable bonds is 3. The molecule has 1 aliphatic heterocycles. The summed E-state index contributed by atoms with van der Waals surface area (Å²) in [6.45, 7) is 0.235. The van der Waals surface area contributed by atoms with Gasteiger partial charge in [0.15, 0.2) is 5.58 Å². The second-order valence-electron chi connectivity index (χ2n) is 4.89. The minimum atomic E-state index is -3.63. The summed E-state index contributed by atoms with van der Waals surface area (Å²) in [6.07, 6.45) is 0.119. The fourth-order valence-electron chi connectivity index (χ4n) is 2.36. The van der Waals surface area contributed by atoms with E-state index in [9.17, 15) is 13.2 Å². The van der Waals surface area contributed by atoms with Gasteiger partial charge in [-0.05, 0) is 18.2 Å². The van der Waals surface area contributed by atoms with E-state index in [2.05, 4.69) is 20.9 Å². The summed E-state index contributed by atoms with van der Waals surface area (Å²) in [6, 6.07) is 5.52. The van der Waals surface area contributed by atoms with Crippen molar-refractivity contribution in [1.82, 2.24) is 4.98 Å². The van der Waals surface area contributed by atoms with E-state index in [1.807, 2.05) is 6.07 Å². The van der Waals surface area contributed by atoms with Gasteiger partial charge < -0.3 is 4.42 Å². The third kappa shape index (κ3) is 3.22. The van der Waals surface area contributed by atoms with E-state index >= 15 is 0 Å². The maximum atomic E-state index is 12.0. The molecule has 1 amide bonds. The van der Waals surface area contributed by atoms with E-state index in [-0.39, 0.29) is 36.6 Å². The molecular formula is C12H10BrClN2O4S. The van der Waals surface area contributed by atoms with Crippen LogP contribution in [0.5, 0.6) is 0 Å². The Morgan fingerprint density at radius 3 is 2.95 bits per heavy atom. The highest BCUT2D eigenvalue weighted by Crippen LogP contribution is 2.29. The topological polar surface area (TPSA) is 80.5 Å². The molecule has 6 nitrogen and oxygen atoms in total. The van der Waals surface area contributed by atoms with Gasteiger partial charge in [-0.25, -0.2) is 8.42 Å². The lowest BCUT2D eigenvalue weighted by Crippen LogP contribution is -2.25. The van der Waals surface area contributed by atoms with Gasteiger partial charge in [0, 0.05) is 34.0 Å². The molecule has 1 fully saturated rings. The summed E-state index contributed by atoms with van der Waals surface area (Å²) in [4.78, 5) is 17.6. The molecule has 1 unspecified atom stereocenters. The Balaban J connectivity index is 1.87. The summed E-state index contributed by atoms with van der Waals surface area (Å²) >= 11 is 3.34. The van der Waals surface area contributed by atoms with E-state index in [4.69, 9.17) is 15.1 Å². The molecule has 0 bridgehead atoms. The van der Waals surface area contributed by atoms with Gasteiger partial charge in [-0.15, -0.1) is 0 Å². The van der Waals surface area contributed by atoms with Crippen LogP contribution in [0.2, 0.25) is 0 Å². The van der Waals surface area contributed by atoms with Crippen LogP contribution < -0.4 is 4.90 Å². The number of aromatic nitrogens is 1. The average molecular weight is 394 g/mol. The molecule has 0 N–H and O–H groups in total. The van der Waals surface area contributed by atoms with Gasteiger partial charge in [0.2, 0.25) is 15.0 Å². The number of benzene rings is 1. The highest BCUT2D eigenvalue weighted by molar-refractivity contribution is 9.10. The summed E-state index contributed by atoms with van der Waals surface area (Å²) in [5, 5.41) is 0. The fraction of sp³-hybridized carbons (Fsp3) is 0.333. The van der Waals surface area contributed by atoms with Gasteiger partial charge in [0.1, 0.15) is 5.52 Å². The molecule has 2 heterocycles. The number of oxazole rings is 1. The molecule has 21 heavy (non-hydrogen) atoms. The van der Waals surface area contributed by atoms with E-state index in [0.717, 1.165) is 4.47 Å². The molecule has 1 aromatic carbocycles. The number of carbonyl (C=O) groups is 1. The number of amides is 1. The predicted molar refractivity (Wildman–Crippen MR) is 81.8 cm³/mol. The van der Waals surface area contributed by atoms with Gasteiger partial charge in [0.25, 0.3) is 0 Å². The van der Waals surface area contributed by atoms with Crippen molar-refractivity contribution >= 4 is 58.7 Å². The Bertz CT molecular complexity index is 820. The Kier molecular flexibility index (Phi) is 3.71. The number of hydrogen-bond donors (Lipinski definition) is 0. The first-order valence-electron chi connectivity index (χ1n) is 6.10. The van der Waals surface area contributed by atoms with Crippen molar-refractivity contribution in [3.63, 3.8) is 0 Å².